The van der Waals surface area contributed by atoms with Gasteiger partial charge in [0.25, 0.3) is 0 Å². The second-order valence-corrected chi connectivity index (χ2v) is 7.96. The average molecular weight is 449 g/mol. The van der Waals surface area contributed by atoms with Crippen molar-refractivity contribution < 1.29 is 13.6 Å². The van der Waals surface area contributed by atoms with Gasteiger partial charge in [-0.25, -0.2) is 13.8 Å². The molecule has 0 bridgehead atoms. The Hall–Kier alpha value is -3.74. The van der Waals surface area contributed by atoms with E-state index in [4.69, 9.17) is 0 Å². The van der Waals surface area contributed by atoms with E-state index in [0.29, 0.717) is 0 Å². The Labute approximate surface area is 192 Å². The molecule has 0 saturated carbocycles. The molecule has 1 fully saturated rings. The molecule has 0 spiro atoms. The first-order chi connectivity index (χ1) is 16.0. The summed E-state index contributed by atoms with van der Waals surface area (Å²) in [6.07, 6.45) is 4.30. The van der Waals surface area contributed by atoms with Crippen molar-refractivity contribution in [3.05, 3.63) is 95.7 Å². The summed E-state index contributed by atoms with van der Waals surface area (Å²) in [5.74, 6) is -1.29. The quantitative estimate of drug-likeness (QED) is 0.561. The van der Waals surface area contributed by atoms with Crippen LogP contribution < -0.4 is 15.1 Å². The number of benzene rings is 2. The van der Waals surface area contributed by atoms with Crippen LogP contribution in [-0.4, -0.2) is 37.1 Å². The van der Waals surface area contributed by atoms with E-state index < -0.39 is 11.6 Å². The molecular formula is C26H26F2N4O. The van der Waals surface area contributed by atoms with Crippen LogP contribution in [0.3, 0.4) is 0 Å². The van der Waals surface area contributed by atoms with E-state index in [0.717, 1.165) is 49.3 Å². The molecule has 33 heavy (non-hydrogen) atoms. The Kier molecular flexibility index (Phi) is 6.98. The summed E-state index contributed by atoms with van der Waals surface area (Å²) < 4.78 is 27.1. The predicted octanol–water partition coefficient (Wildman–Crippen LogP) is 4.58. The van der Waals surface area contributed by atoms with Crippen LogP contribution in [0.15, 0.2) is 72.9 Å². The Morgan fingerprint density at radius 3 is 2.52 bits per heavy atom. The Morgan fingerprint density at radius 1 is 1.00 bits per heavy atom. The van der Waals surface area contributed by atoms with Gasteiger partial charge in [0.2, 0.25) is 5.91 Å². The minimum atomic E-state index is -0.967. The van der Waals surface area contributed by atoms with E-state index >= 15 is 0 Å². The molecule has 170 valence electrons. The van der Waals surface area contributed by atoms with Gasteiger partial charge in [-0.15, -0.1) is 0 Å². The van der Waals surface area contributed by atoms with Gasteiger partial charge >= 0.3 is 0 Å². The van der Waals surface area contributed by atoms with Crippen molar-refractivity contribution in [2.24, 2.45) is 0 Å². The number of aromatic nitrogens is 1. The Bertz CT molecular complexity index is 1130. The average Bonchev–Trinajstić information content (AvgIpc) is 2.85. The van der Waals surface area contributed by atoms with Gasteiger partial charge in [-0.05, 0) is 48.9 Å². The van der Waals surface area contributed by atoms with Crippen LogP contribution in [0, 0.1) is 11.6 Å². The van der Waals surface area contributed by atoms with Crippen molar-refractivity contribution >= 4 is 23.5 Å². The number of rotatable bonds is 6. The maximum atomic E-state index is 13.8. The maximum absolute atomic E-state index is 13.8. The summed E-state index contributed by atoms with van der Waals surface area (Å²) in [4.78, 5) is 21.3. The van der Waals surface area contributed by atoms with Crippen molar-refractivity contribution in [3.63, 3.8) is 0 Å². The molecule has 1 atom stereocenters. The van der Waals surface area contributed by atoms with Gasteiger partial charge in [0.05, 0.1) is 6.04 Å². The maximum Gasteiger partial charge on any atom is 0.244 e. The third kappa shape index (κ3) is 5.55. The molecular weight excluding hydrogens is 422 g/mol. The summed E-state index contributed by atoms with van der Waals surface area (Å²) >= 11 is 0. The van der Waals surface area contributed by atoms with E-state index in [2.05, 4.69) is 32.2 Å². The van der Waals surface area contributed by atoms with Gasteiger partial charge in [0, 0.05) is 49.7 Å². The van der Waals surface area contributed by atoms with Crippen molar-refractivity contribution in [1.82, 2.24) is 10.3 Å². The van der Waals surface area contributed by atoms with Crippen LogP contribution in [-0.2, 0) is 4.79 Å². The molecule has 2 heterocycles. The van der Waals surface area contributed by atoms with Crippen LogP contribution in [0.4, 0.5) is 20.3 Å². The Balaban J connectivity index is 1.36. The molecule has 0 unspecified atom stereocenters. The zero-order valence-electron chi connectivity index (χ0n) is 18.4. The molecule has 2 aromatic carbocycles. The van der Waals surface area contributed by atoms with Gasteiger partial charge in [-0.3, -0.25) is 4.79 Å². The van der Waals surface area contributed by atoms with Gasteiger partial charge in [-0.2, -0.15) is 0 Å². The molecule has 3 aromatic rings. The van der Waals surface area contributed by atoms with Crippen LogP contribution in [0.5, 0.6) is 0 Å². The number of nitrogens with one attached hydrogen (secondary N) is 1. The Morgan fingerprint density at radius 2 is 1.76 bits per heavy atom. The molecule has 0 radical (unpaired) electrons. The lowest BCUT2D eigenvalue weighted by atomic mass is 10.1. The summed E-state index contributed by atoms with van der Waals surface area (Å²) in [6, 6.07) is 17.7. The number of hydrogen-bond donors (Lipinski definition) is 1. The lowest BCUT2D eigenvalue weighted by molar-refractivity contribution is -0.117. The highest BCUT2D eigenvalue weighted by molar-refractivity contribution is 5.92. The van der Waals surface area contributed by atoms with Gasteiger partial charge in [-0.1, -0.05) is 30.3 Å². The standard InChI is InChI=1S/C26H26F2N4O/c1-19(30-25(33)12-11-20-6-5-9-23(27)26(20)28)21-7-4-8-22(18-21)31-14-16-32(17-15-31)24-10-2-3-13-29-24/h2-13,18-19H,14-17H2,1H3,(H,30,33)/b12-11+/t19-/m0/s1. The third-order valence-corrected chi connectivity index (χ3v) is 5.74. The number of piperazine rings is 1. The number of carbonyl (C=O) groups is 1. The zero-order chi connectivity index (χ0) is 23.2. The number of pyridine rings is 1. The monoisotopic (exact) mass is 448 g/mol. The smallest absolute Gasteiger partial charge is 0.244 e. The van der Waals surface area contributed by atoms with Crippen molar-refractivity contribution in [1.29, 1.82) is 0 Å². The molecule has 1 aromatic heterocycles. The van der Waals surface area contributed by atoms with Crippen LogP contribution in [0.1, 0.15) is 24.1 Å². The van der Waals surface area contributed by atoms with E-state index in [1.165, 1.54) is 24.3 Å². The van der Waals surface area contributed by atoms with E-state index in [-0.39, 0.29) is 17.5 Å². The highest BCUT2D eigenvalue weighted by atomic mass is 19.2. The fourth-order valence-corrected chi connectivity index (χ4v) is 3.88. The number of halogens is 2. The molecule has 1 aliphatic rings. The highest BCUT2D eigenvalue weighted by Crippen LogP contribution is 2.23. The predicted molar refractivity (Wildman–Crippen MR) is 127 cm³/mol. The lowest BCUT2D eigenvalue weighted by Crippen LogP contribution is -2.46. The number of hydrogen-bond acceptors (Lipinski definition) is 4. The number of amides is 1. The van der Waals surface area contributed by atoms with Crippen molar-refractivity contribution in [2.75, 3.05) is 36.0 Å². The van der Waals surface area contributed by atoms with Crippen LogP contribution in [0.2, 0.25) is 0 Å². The molecule has 1 aliphatic heterocycles. The second kappa shape index (κ2) is 10.3. The van der Waals surface area contributed by atoms with E-state index in [1.807, 2.05) is 43.5 Å². The first-order valence-corrected chi connectivity index (χ1v) is 10.9. The largest absolute Gasteiger partial charge is 0.368 e. The fraction of sp³-hybridized carbons (Fsp3) is 0.231. The van der Waals surface area contributed by atoms with E-state index in [9.17, 15) is 13.6 Å². The van der Waals surface area contributed by atoms with Crippen LogP contribution >= 0.6 is 0 Å². The van der Waals surface area contributed by atoms with Crippen molar-refractivity contribution in [2.45, 2.75) is 13.0 Å². The number of anilines is 2. The lowest BCUT2D eigenvalue weighted by Gasteiger charge is -2.37. The highest BCUT2D eigenvalue weighted by Gasteiger charge is 2.19. The topological polar surface area (TPSA) is 48.5 Å². The number of nitrogens with zero attached hydrogens (tertiary/aromatic N) is 3. The van der Waals surface area contributed by atoms with E-state index in [1.54, 1.807) is 0 Å². The third-order valence-electron chi connectivity index (χ3n) is 5.74. The molecule has 7 heteroatoms. The summed E-state index contributed by atoms with van der Waals surface area (Å²) in [6.45, 7) is 5.42. The molecule has 4 rings (SSSR count). The second-order valence-electron chi connectivity index (χ2n) is 7.96. The SMILES string of the molecule is C[C@H](NC(=O)/C=C/c1cccc(F)c1F)c1cccc(N2CCN(c3ccccn3)CC2)c1. The minimum absolute atomic E-state index is 0.0321. The molecule has 5 nitrogen and oxygen atoms in total. The van der Waals surface area contributed by atoms with Gasteiger partial charge in [0.15, 0.2) is 11.6 Å². The number of carbonyl (C=O) groups excluding carboxylic acids is 1. The zero-order valence-corrected chi connectivity index (χ0v) is 18.4. The van der Waals surface area contributed by atoms with Crippen molar-refractivity contribution in [3.8, 4) is 0 Å². The fourth-order valence-electron chi connectivity index (χ4n) is 3.88. The summed E-state index contributed by atoms with van der Waals surface area (Å²) in [7, 11) is 0. The van der Waals surface area contributed by atoms with Crippen LogP contribution in [0.25, 0.3) is 6.08 Å². The molecule has 1 N–H and O–H groups in total. The minimum Gasteiger partial charge on any atom is -0.368 e. The first kappa shape index (κ1) is 22.5. The normalized spacial score (nSPS) is 15.0. The molecule has 1 amide bonds. The van der Waals surface area contributed by atoms with Gasteiger partial charge in [0.1, 0.15) is 5.82 Å². The summed E-state index contributed by atoms with van der Waals surface area (Å²) in [5.41, 5.74) is 2.11. The first-order valence-electron chi connectivity index (χ1n) is 10.9. The molecule has 0 aliphatic carbocycles. The van der Waals surface area contributed by atoms with Gasteiger partial charge < -0.3 is 15.1 Å². The molecule has 1 saturated heterocycles. The summed E-state index contributed by atoms with van der Waals surface area (Å²) in [5, 5.41) is 2.88.